The van der Waals surface area contributed by atoms with Gasteiger partial charge in [0.25, 0.3) is 5.56 Å². The molecule has 2 fully saturated rings. The second-order valence-electron chi connectivity index (χ2n) is 9.47. The summed E-state index contributed by atoms with van der Waals surface area (Å²) in [5, 5.41) is 0. The number of unbranched alkanes of at least 4 members (excludes halogenated alkanes) is 1. The predicted octanol–water partition coefficient (Wildman–Crippen LogP) is 1.47. The quantitative estimate of drug-likeness (QED) is 0.534. The molecule has 0 spiro atoms. The molecular formula is C23H35N5O5. The van der Waals surface area contributed by atoms with Crippen LogP contribution in [0.25, 0.3) is 0 Å². The Morgan fingerprint density at radius 1 is 1.09 bits per heavy atom. The minimum absolute atomic E-state index is 0.0155. The molecule has 1 saturated carbocycles. The summed E-state index contributed by atoms with van der Waals surface area (Å²) in [6.45, 7) is 6.29. The molecule has 2 heterocycles. The summed E-state index contributed by atoms with van der Waals surface area (Å²) in [5.41, 5.74) is 4.82. The first-order valence-corrected chi connectivity index (χ1v) is 12.0. The maximum absolute atomic E-state index is 13.3. The van der Waals surface area contributed by atoms with Crippen LogP contribution in [-0.4, -0.2) is 45.3 Å². The largest absolute Gasteiger partial charge is 0.383 e. The molecule has 1 aromatic rings. The number of anilines is 2. The molecule has 2 aliphatic rings. The number of aromatic nitrogens is 2. The molecule has 3 N–H and O–H groups in total. The molecule has 1 aromatic heterocycles. The van der Waals surface area contributed by atoms with Crippen LogP contribution in [-0.2, 0) is 20.9 Å². The van der Waals surface area contributed by atoms with Crippen molar-refractivity contribution in [1.82, 2.24) is 14.5 Å². The van der Waals surface area contributed by atoms with E-state index < -0.39 is 17.2 Å². The minimum atomic E-state index is -0.724. The molecule has 1 aliphatic heterocycles. The second kappa shape index (κ2) is 10.4. The summed E-state index contributed by atoms with van der Waals surface area (Å²) in [7, 11) is 0. The molecule has 182 valence electrons. The number of rotatable bonds is 9. The van der Waals surface area contributed by atoms with Gasteiger partial charge in [-0.2, -0.15) is 0 Å². The smallest absolute Gasteiger partial charge is 0.330 e. The zero-order valence-corrected chi connectivity index (χ0v) is 19.8. The van der Waals surface area contributed by atoms with E-state index in [2.05, 4.69) is 4.98 Å². The van der Waals surface area contributed by atoms with Gasteiger partial charge in [0.15, 0.2) is 5.69 Å². The Labute approximate surface area is 193 Å². The Hall–Kier alpha value is -2.91. The van der Waals surface area contributed by atoms with E-state index in [9.17, 15) is 24.0 Å². The van der Waals surface area contributed by atoms with Gasteiger partial charge in [0.1, 0.15) is 5.82 Å². The zero-order chi connectivity index (χ0) is 24.3. The highest BCUT2D eigenvalue weighted by Crippen LogP contribution is 2.38. The van der Waals surface area contributed by atoms with E-state index in [1.165, 1.54) is 14.4 Å². The number of fused-ring (bicyclic) bond motifs is 1. The van der Waals surface area contributed by atoms with Crippen molar-refractivity contribution in [2.24, 2.45) is 17.8 Å². The number of carbonyl (C=O) groups excluding carboxylic acids is 3. The lowest BCUT2D eigenvalue weighted by molar-refractivity contribution is -0.140. The van der Waals surface area contributed by atoms with Gasteiger partial charge in [0, 0.05) is 26.1 Å². The molecule has 3 rings (SSSR count). The number of hydrogen-bond donors (Lipinski definition) is 2. The topological polar surface area (TPSA) is 139 Å². The molecule has 2 atom stereocenters. The second-order valence-corrected chi connectivity index (χ2v) is 9.47. The van der Waals surface area contributed by atoms with Crippen LogP contribution in [0.1, 0.15) is 65.7 Å². The van der Waals surface area contributed by atoms with Crippen molar-refractivity contribution in [3.8, 4) is 0 Å². The van der Waals surface area contributed by atoms with Crippen molar-refractivity contribution in [2.75, 3.05) is 23.7 Å². The van der Waals surface area contributed by atoms with Crippen LogP contribution in [0.3, 0.4) is 0 Å². The average molecular weight is 462 g/mol. The Balaban J connectivity index is 1.84. The molecule has 10 heteroatoms. The van der Waals surface area contributed by atoms with E-state index in [4.69, 9.17) is 5.73 Å². The molecule has 0 bridgehead atoms. The van der Waals surface area contributed by atoms with Gasteiger partial charge in [-0.1, -0.05) is 40.0 Å². The summed E-state index contributed by atoms with van der Waals surface area (Å²) in [5.74, 6) is -1.39. The summed E-state index contributed by atoms with van der Waals surface area (Å²) in [6.07, 6.45) is 4.70. The minimum Gasteiger partial charge on any atom is -0.383 e. The van der Waals surface area contributed by atoms with Crippen molar-refractivity contribution in [1.29, 1.82) is 0 Å². The number of nitrogens with zero attached hydrogens (tertiary/aromatic N) is 3. The van der Waals surface area contributed by atoms with Crippen LogP contribution in [0.15, 0.2) is 9.59 Å². The first-order chi connectivity index (χ1) is 15.7. The van der Waals surface area contributed by atoms with Crippen molar-refractivity contribution >= 4 is 29.2 Å². The molecule has 1 aliphatic carbocycles. The number of hydrogen-bond acceptors (Lipinski definition) is 6. The number of amides is 3. The number of nitrogens with one attached hydrogen (secondary N) is 1. The number of H-pyrrole nitrogens is 1. The molecule has 3 amide bonds. The van der Waals surface area contributed by atoms with Gasteiger partial charge in [0.2, 0.25) is 17.7 Å². The van der Waals surface area contributed by atoms with E-state index in [0.717, 1.165) is 19.3 Å². The van der Waals surface area contributed by atoms with Crippen LogP contribution in [0.2, 0.25) is 0 Å². The number of nitrogen functional groups attached to an aromatic ring is 1. The third-order valence-corrected chi connectivity index (χ3v) is 6.55. The predicted molar refractivity (Wildman–Crippen MR) is 125 cm³/mol. The fourth-order valence-corrected chi connectivity index (χ4v) is 4.85. The molecule has 33 heavy (non-hydrogen) atoms. The molecule has 0 unspecified atom stereocenters. The summed E-state index contributed by atoms with van der Waals surface area (Å²) in [4.78, 5) is 68.5. The van der Waals surface area contributed by atoms with Gasteiger partial charge in [-0.15, -0.1) is 0 Å². The standard InChI is InChI=1S/C23H35N5O5/c1-4-5-11-26-19(24)18(20(30)25-23(26)33)28(13-14(2)3)17(29)10-12-27-21(31)15-8-6-7-9-16(15)22(27)32/h14-16H,4-13,24H2,1-3H3,(H,25,30,33)/t15-,16-/m0/s1. The SMILES string of the molecule is CCCCn1c(N)c(N(CC(C)C)C(=O)CCN2C(=O)[C@H]3CCCC[C@@H]3C2=O)c(=O)[nH]c1=O. The Morgan fingerprint density at radius 2 is 1.70 bits per heavy atom. The van der Waals surface area contributed by atoms with Gasteiger partial charge >= 0.3 is 5.69 Å². The van der Waals surface area contributed by atoms with Gasteiger partial charge < -0.3 is 10.6 Å². The fourth-order valence-electron chi connectivity index (χ4n) is 4.85. The number of carbonyl (C=O) groups is 3. The lowest BCUT2D eigenvalue weighted by Crippen LogP contribution is -2.44. The normalized spacial score (nSPS) is 20.4. The van der Waals surface area contributed by atoms with Gasteiger partial charge in [0.05, 0.1) is 11.8 Å². The van der Waals surface area contributed by atoms with Crippen molar-refractivity contribution in [3.05, 3.63) is 20.8 Å². The molecule has 0 aromatic carbocycles. The highest BCUT2D eigenvalue weighted by atomic mass is 16.2. The third kappa shape index (κ3) is 5.04. The fraction of sp³-hybridized carbons (Fsp3) is 0.696. The van der Waals surface area contributed by atoms with Gasteiger partial charge in [-0.3, -0.25) is 33.6 Å². The van der Waals surface area contributed by atoms with Crippen LogP contribution in [0.4, 0.5) is 11.5 Å². The first kappa shape index (κ1) is 24.7. The maximum Gasteiger partial charge on any atom is 0.330 e. The Kier molecular flexibility index (Phi) is 7.76. The van der Waals surface area contributed by atoms with E-state index in [0.29, 0.717) is 25.8 Å². The van der Waals surface area contributed by atoms with Gasteiger partial charge in [-0.05, 0) is 25.2 Å². The van der Waals surface area contributed by atoms with Crippen LogP contribution >= 0.6 is 0 Å². The molecular weight excluding hydrogens is 426 g/mol. The number of nitrogens with two attached hydrogens (primary N) is 1. The average Bonchev–Trinajstić information content (AvgIpc) is 3.01. The zero-order valence-electron chi connectivity index (χ0n) is 19.8. The summed E-state index contributed by atoms with van der Waals surface area (Å²) in [6, 6.07) is 0. The third-order valence-electron chi connectivity index (χ3n) is 6.55. The van der Waals surface area contributed by atoms with Crippen molar-refractivity contribution in [3.63, 3.8) is 0 Å². The van der Waals surface area contributed by atoms with Gasteiger partial charge in [-0.25, -0.2) is 4.79 Å². The highest BCUT2D eigenvalue weighted by Gasteiger charge is 2.48. The van der Waals surface area contributed by atoms with Crippen molar-refractivity contribution < 1.29 is 14.4 Å². The van der Waals surface area contributed by atoms with Crippen LogP contribution in [0, 0.1) is 17.8 Å². The lowest BCUT2D eigenvalue weighted by atomic mass is 9.81. The molecule has 1 saturated heterocycles. The van der Waals surface area contributed by atoms with Crippen LogP contribution in [0.5, 0.6) is 0 Å². The Morgan fingerprint density at radius 3 is 2.24 bits per heavy atom. The number of likely N-dealkylation sites (tertiary alicyclic amines) is 1. The lowest BCUT2D eigenvalue weighted by Gasteiger charge is -2.27. The highest BCUT2D eigenvalue weighted by molar-refractivity contribution is 6.05. The summed E-state index contributed by atoms with van der Waals surface area (Å²) < 4.78 is 1.28. The number of imide groups is 1. The van der Waals surface area contributed by atoms with Crippen LogP contribution < -0.4 is 21.9 Å². The number of aromatic amines is 1. The summed E-state index contributed by atoms with van der Waals surface area (Å²) >= 11 is 0. The molecule has 10 nitrogen and oxygen atoms in total. The molecule has 0 radical (unpaired) electrons. The van der Waals surface area contributed by atoms with E-state index in [1.807, 2.05) is 20.8 Å². The van der Waals surface area contributed by atoms with E-state index >= 15 is 0 Å². The Bertz CT molecular complexity index is 1000. The maximum atomic E-state index is 13.3. The van der Waals surface area contributed by atoms with E-state index in [-0.39, 0.29) is 60.6 Å². The van der Waals surface area contributed by atoms with Crippen molar-refractivity contribution in [2.45, 2.75) is 72.3 Å². The monoisotopic (exact) mass is 461 g/mol. The van der Waals surface area contributed by atoms with E-state index in [1.54, 1.807) is 0 Å². The first-order valence-electron chi connectivity index (χ1n) is 12.0.